The number of hydrogen-bond acceptors (Lipinski definition) is 6. The fourth-order valence-corrected chi connectivity index (χ4v) is 4.50. The number of esters is 2. The number of alkyl halides is 1. The van der Waals surface area contributed by atoms with Gasteiger partial charge in [-0.25, -0.2) is 9.59 Å². The van der Waals surface area contributed by atoms with Crippen LogP contribution in [0.15, 0.2) is 91.0 Å². The third kappa shape index (κ3) is 6.32. The summed E-state index contributed by atoms with van der Waals surface area (Å²) in [5.41, 5.74) is 1.94. The van der Waals surface area contributed by atoms with Crippen LogP contribution in [0.2, 0.25) is 0 Å². The molecule has 0 radical (unpaired) electrons. The van der Waals surface area contributed by atoms with Crippen LogP contribution in [0.4, 0.5) is 0 Å². The Bertz CT molecular complexity index is 1060. The molecule has 7 heteroatoms. The van der Waals surface area contributed by atoms with Gasteiger partial charge in [-0.05, 0) is 29.8 Å². The molecule has 4 atom stereocenters. The largest absolute Gasteiger partial charge is 0.459 e. The maximum absolute atomic E-state index is 12.7. The van der Waals surface area contributed by atoms with Crippen molar-refractivity contribution in [2.45, 2.75) is 23.8 Å². The molecule has 1 aliphatic rings. The van der Waals surface area contributed by atoms with Gasteiger partial charge in [-0.2, -0.15) is 0 Å². The molecule has 176 valence electrons. The molecule has 1 heterocycles. The van der Waals surface area contributed by atoms with Crippen LogP contribution in [0.25, 0.3) is 0 Å². The van der Waals surface area contributed by atoms with E-state index in [2.05, 4.69) is 15.9 Å². The zero-order valence-electron chi connectivity index (χ0n) is 18.4. The second-order valence-electron chi connectivity index (χ2n) is 7.89. The van der Waals surface area contributed by atoms with Crippen LogP contribution < -0.4 is 0 Å². The Morgan fingerprint density at radius 1 is 0.765 bits per heavy atom. The van der Waals surface area contributed by atoms with Gasteiger partial charge < -0.3 is 18.9 Å². The molecule has 1 saturated heterocycles. The molecule has 0 aromatic heterocycles. The fraction of sp³-hybridized carbons (Fsp3) is 0.259. The van der Waals surface area contributed by atoms with Crippen molar-refractivity contribution >= 4 is 27.9 Å². The lowest BCUT2D eigenvalue weighted by Crippen LogP contribution is -2.36. The zero-order valence-corrected chi connectivity index (χ0v) is 20.0. The summed E-state index contributed by atoms with van der Waals surface area (Å²) in [6, 6.07) is 27.3. The summed E-state index contributed by atoms with van der Waals surface area (Å²) in [6.45, 7) is 0.673. The van der Waals surface area contributed by atoms with Gasteiger partial charge in [0.1, 0.15) is 23.8 Å². The summed E-state index contributed by atoms with van der Waals surface area (Å²) in [7, 11) is 0. The third-order valence-corrected chi connectivity index (χ3v) is 6.26. The molecule has 0 amide bonds. The standard InChI is InChI=1S/C27H25BrO6/c28-25-24(34-27(30)21-14-8-3-9-15-21)22(17-31-16-19-10-4-1-5-11-19)23(33-25)18-32-26(29)20-12-6-2-7-13-20/h1-15,22-25H,16-18H2. The molecule has 0 N–H and O–H groups in total. The monoisotopic (exact) mass is 524 g/mol. The van der Waals surface area contributed by atoms with Crippen LogP contribution in [0.3, 0.4) is 0 Å². The third-order valence-electron chi connectivity index (χ3n) is 5.53. The molecule has 0 aliphatic carbocycles. The van der Waals surface area contributed by atoms with Crippen molar-refractivity contribution in [1.29, 1.82) is 0 Å². The molecule has 0 bridgehead atoms. The predicted molar refractivity (Wildman–Crippen MR) is 130 cm³/mol. The van der Waals surface area contributed by atoms with E-state index in [-0.39, 0.29) is 19.1 Å². The van der Waals surface area contributed by atoms with Crippen LogP contribution in [0, 0.1) is 5.92 Å². The lowest BCUT2D eigenvalue weighted by Gasteiger charge is -2.23. The van der Waals surface area contributed by atoms with Crippen LogP contribution in [0.1, 0.15) is 26.3 Å². The molecule has 4 unspecified atom stereocenters. The average molecular weight is 525 g/mol. The quantitative estimate of drug-likeness (QED) is 0.289. The highest BCUT2D eigenvalue weighted by Gasteiger charge is 2.46. The van der Waals surface area contributed by atoms with E-state index >= 15 is 0 Å². The van der Waals surface area contributed by atoms with E-state index in [4.69, 9.17) is 18.9 Å². The number of ether oxygens (including phenoxy) is 4. The Kier molecular flexibility index (Phi) is 8.46. The number of rotatable bonds is 9. The molecule has 34 heavy (non-hydrogen) atoms. The minimum atomic E-state index is -0.621. The highest BCUT2D eigenvalue weighted by atomic mass is 79.9. The Morgan fingerprint density at radius 3 is 1.94 bits per heavy atom. The van der Waals surface area contributed by atoms with Crippen molar-refractivity contribution in [3.8, 4) is 0 Å². The van der Waals surface area contributed by atoms with E-state index < -0.39 is 29.2 Å². The van der Waals surface area contributed by atoms with E-state index in [1.54, 1.807) is 48.5 Å². The van der Waals surface area contributed by atoms with E-state index in [0.29, 0.717) is 17.7 Å². The van der Waals surface area contributed by atoms with Gasteiger partial charge in [0, 0.05) is 0 Å². The molecule has 0 saturated carbocycles. The molecular weight excluding hydrogens is 500 g/mol. The first-order valence-corrected chi connectivity index (χ1v) is 11.9. The molecule has 1 aliphatic heterocycles. The van der Waals surface area contributed by atoms with Crippen LogP contribution in [0.5, 0.6) is 0 Å². The Morgan fingerprint density at radius 2 is 1.32 bits per heavy atom. The summed E-state index contributed by atoms with van der Waals surface area (Å²) in [6.07, 6.45) is -1.13. The highest BCUT2D eigenvalue weighted by molar-refractivity contribution is 9.09. The first-order valence-electron chi connectivity index (χ1n) is 11.0. The molecule has 3 aromatic rings. The first-order chi connectivity index (χ1) is 16.6. The Labute approximate surface area is 206 Å². The van der Waals surface area contributed by atoms with E-state index in [0.717, 1.165) is 5.56 Å². The van der Waals surface area contributed by atoms with Crippen LogP contribution in [-0.2, 0) is 25.6 Å². The molecule has 4 rings (SSSR count). The van der Waals surface area contributed by atoms with Gasteiger partial charge in [0.2, 0.25) is 0 Å². The maximum Gasteiger partial charge on any atom is 0.338 e. The van der Waals surface area contributed by atoms with Gasteiger partial charge in [0.15, 0.2) is 0 Å². The first kappa shape index (κ1) is 24.1. The minimum Gasteiger partial charge on any atom is -0.459 e. The van der Waals surface area contributed by atoms with E-state index in [1.807, 2.05) is 42.5 Å². The highest BCUT2D eigenvalue weighted by Crippen LogP contribution is 2.34. The predicted octanol–water partition coefficient (Wildman–Crippen LogP) is 5.02. The number of hydrogen-bond donors (Lipinski definition) is 0. The van der Waals surface area contributed by atoms with Crippen molar-refractivity contribution in [3.63, 3.8) is 0 Å². The Hall–Kier alpha value is -3.00. The van der Waals surface area contributed by atoms with Gasteiger partial charge in [0.05, 0.1) is 30.3 Å². The molecular formula is C27H25BrO6. The lowest BCUT2D eigenvalue weighted by atomic mass is 10.00. The summed E-state index contributed by atoms with van der Waals surface area (Å²) < 4.78 is 23.3. The smallest absolute Gasteiger partial charge is 0.338 e. The summed E-state index contributed by atoms with van der Waals surface area (Å²) >= 11 is 3.48. The van der Waals surface area contributed by atoms with Crippen molar-refractivity contribution in [3.05, 3.63) is 108 Å². The molecule has 1 fully saturated rings. The second kappa shape index (κ2) is 11.9. The number of carbonyl (C=O) groups excluding carboxylic acids is 2. The minimum absolute atomic E-state index is 0.00851. The second-order valence-corrected chi connectivity index (χ2v) is 8.79. The summed E-state index contributed by atoms with van der Waals surface area (Å²) in [5, 5.41) is -0.564. The van der Waals surface area contributed by atoms with E-state index in [1.165, 1.54) is 0 Å². The normalized spacial score (nSPS) is 21.7. The average Bonchev–Trinajstić information content (AvgIpc) is 3.18. The van der Waals surface area contributed by atoms with Crippen LogP contribution in [-0.4, -0.2) is 42.4 Å². The van der Waals surface area contributed by atoms with E-state index in [9.17, 15) is 9.59 Å². The van der Waals surface area contributed by atoms with Gasteiger partial charge in [-0.3, -0.25) is 0 Å². The molecule has 3 aromatic carbocycles. The number of halogens is 1. The lowest BCUT2D eigenvalue weighted by molar-refractivity contribution is -0.0188. The summed E-state index contributed by atoms with van der Waals surface area (Å²) in [5.74, 6) is -1.23. The van der Waals surface area contributed by atoms with Gasteiger partial charge in [-0.15, -0.1) is 0 Å². The molecule has 0 spiro atoms. The van der Waals surface area contributed by atoms with Gasteiger partial charge >= 0.3 is 11.9 Å². The van der Waals surface area contributed by atoms with Crippen molar-refractivity contribution in [2.24, 2.45) is 5.92 Å². The number of benzene rings is 3. The zero-order chi connectivity index (χ0) is 23.8. The van der Waals surface area contributed by atoms with Gasteiger partial charge in [0.25, 0.3) is 0 Å². The maximum atomic E-state index is 12.7. The fourth-order valence-electron chi connectivity index (χ4n) is 3.73. The van der Waals surface area contributed by atoms with Crippen molar-refractivity contribution < 1.29 is 28.5 Å². The Balaban J connectivity index is 1.43. The topological polar surface area (TPSA) is 71.1 Å². The van der Waals surface area contributed by atoms with Crippen molar-refractivity contribution in [1.82, 2.24) is 0 Å². The van der Waals surface area contributed by atoms with Gasteiger partial charge in [-0.1, -0.05) is 82.7 Å². The number of carbonyl (C=O) groups is 2. The molecule has 6 nitrogen and oxygen atoms in total. The SMILES string of the molecule is O=C(OCC1OC(Br)C(OC(=O)c2ccccc2)C1COCc1ccccc1)c1ccccc1. The summed E-state index contributed by atoms with van der Waals surface area (Å²) in [4.78, 5) is 25.1. The van der Waals surface area contributed by atoms with Crippen LogP contribution >= 0.6 is 15.9 Å². The van der Waals surface area contributed by atoms with Crippen molar-refractivity contribution in [2.75, 3.05) is 13.2 Å².